The van der Waals surface area contributed by atoms with E-state index >= 15 is 0 Å². The molecule has 1 aliphatic rings. The van der Waals surface area contributed by atoms with Gasteiger partial charge in [-0.3, -0.25) is 9.59 Å². The van der Waals surface area contributed by atoms with Crippen molar-refractivity contribution in [2.45, 2.75) is 12.3 Å². The summed E-state index contributed by atoms with van der Waals surface area (Å²) in [5.74, 6) is -3.34. The molecule has 29 heavy (non-hydrogen) atoms. The smallest absolute Gasteiger partial charge is 0.251 e. The summed E-state index contributed by atoms with van der Waals surface area (Å²) < 4.78 is 33.5. The Labute approximate surface area is 164 Å². The number of primary amides is 1. The lowest BCUT2D eigenvalue weighted by atomic mass is 10.2. The second kappa shape index (κ2) is 8.65. The fourth-order valence-corrected chi connectivity index (χ4v) is 2.71. The number of ether oxygens (including phenoxy) is 1. The van der Waals surface area contributed by atoms with Gasteiger partial charge >= 0.3 is 0 Å². The van der Waals surface area contributed by atoms with E-state index in [1.54, 1.807) is 12.1 Å². The molecule has 0 saturated carbocycles. The molecule has 0 fully saturated rings. The molecular formula is C19H18F2N4O4. The SMILES string of the molecule is NC(=O)C1N=C(c2c(F)cccc2F)OC1Nc1ccc(C(=O)NCCO)cc1. The van der Waals surface area contributed by atoms with Crippen LogP contribution in [-0.2, 0) is 9.53 Å². The summed E-state index contributed by atoms with van der Waals surface area (Å²) in [4.78, 5) is 27.5. The van der Waals surface area contributed by atoms with E-state index in [0.717, 1.165) is 12.1 Å². The number of aliphatic imine (C=N–C) groups is 1. The van der Waals surface area contributed by atoms with Gasteiger partial charge in [0, 0.05) is 17.8 Å². The lowest BCUT2D eigenvalue weighted by Crippen LogP contribution is -2.40. The third-order valence-electron chi connectivity index (χ3n) is 4.10. The Hall–Kier alpha value is -3.53. The van der Waals surface area contributed by atoms with Gasteiger partial charge in [-0.1, -0.05) is 6.07 Å². The molecule has 0 bridgehead atoms. The molecule has 8 nitrogen and oxygen atoms in total. The second-order valence-electron chi connectivity index (χ2n) is 6.12. The zero-order valence-corrected chi connectivity index (χ0v) is 15.1. The third kappa shape index (κ3) is 4.49. The largest absolute Gasteiger partial charge is 0.450 e. The van der Waals surface area contributed by atoms with E-state index in [1.165, 1.54) is 18.2 Å². The number of carbonyl (C=O) groups is 2. The second-order valence-corrected chi connectivity index (χ2v) is 6.12. The number of aliphatic hydroxyl groups excluding tert-OH is 1. The normalized spacial score (nSPS) is 18.0. The number of halogens is 2. The maximum atomic E-state index is 14.0. The van der Waals surface area contributed by atoms with Crippen LogP contribution in [0, 0.1) is 11.6 Å². The first kappa shape index (κ1) is 20.2. The van der Waals surface area contributed by atoms with E-state index in [9.17, 15) is 18.4 Å². The van der Waals surface area contributed by atoms with Gasteiger partial charge in [0.1, 0.15) is 17.2 Å². The molecule has 0 aromatic heterocycles. The van der Waals surface area contributed by atoms with Gasteiger partial charge < -0.3 is 26.2 Å². The number of nitrogens with one attached hydrogen (secondary N) is 2. The minimum absolute atomic E-state index is 0.127. The highest BCUT2D eigenvalue weighted by Gasteiger charge is 2.37. The Morgan fingerprint density at radius 3 is 2.38 bits per heavy atom. The van der Waals surface area contributed by atoms with Crippen LogP contribution in [0.3, 0.4) is 0 Å². The van der Waals surface area contributed by atoms with Crippen LogP contribution in [0.1, 0.15) is 15.9 Å². The number of anilines is 1. The van der Waals surface area contributed by atoms with Gasteiger partial charge in [-0.2, -0.15) is 0 Å². The molecule has 0 radical (unpaired) electrons. The molecule has 3 rings (SSSR count). The molecule has 2 amide bonds. The number of nitrogens with two attached hydrogens (primary N) is 1. The van der Waals surface area contributed by atoms with Crippen molar-refractivity contribution in [2.75, 3.05) is 18.5 Å². The molecule has 2 atom stereocenters. The first-order chi connectivity index (χ1) is 13.9. The maximum absolute atomic E-state index is 14.0. The van der Waals surface area contributed by atoms with Crippen molar-refractivity contribution < 1.29 is 28.2 Å². The van der Waals surface area contributed by atoms with Gasteiger partial charge in [0.05, 0.1) is 6.61 Å². The first-order valence-corrected chi connectivity index (χ1v) is 8.64. The van der Waals surface area contributed by atoms with Crippen LogP contribution < -0.4 is 16.4 Å². The van der Waals surface area contributed by atoms with Crippen LogP contribution >= 0.6 is 0 Å². The van der Waals surface area contributed by atoms with Crippen molar-refractivity contribution in [1.29, 1.82) is 0 Å². The van der Waals surface area contributed by atoms with Crippen LogP contribution in [-0.4, -0.2) is 48.2 Å². The zero-order valence-electron chi connectivity index (χ0n) is 15.1. The summed E-state index contributed by atoms with van der Waals surface area (Å²) in [6.07, 6.45) is -1.09. The molecule has 2 aromatic carbocycles. The van der Waals surface area contributed by atoms with Crippen LogP contribution in [0.15, 0.2) is 47.5 Å². The summed E-state index contributed by atoms with van der Waals surface area (Å²) in [5, 5.41) is 14.1. The van der Waals surface area contributed by atoms with Crippen LogP contribution in [0.5, 0.6) is 0 Å². The fraction of sp³-hybridized carbons (Fsp3) is 0.211. The standard InChI is InChI=1S/C19H18F2N4O4/c20-12-2-1-3-13(21)14(12)18-25-15(16(22)27)19(29-18)24-11-6-4-10(5-7-11)17(28)23-8-9-26/h1-7,15,19,24,26H,8-9H2,(H2,22,27)(H,23,28). The Morgan fingerprint density at radius 1 is 1.14 bits per heavy atom. The highest BCUT2D eigenvalue weighted by atomic mass is 19.1. The molecule has 5 N–H and O–H groups in total. The average Bonchev–Trinajstić information content (AvgIpc) is 3.10. The fourth-order valence-electron chi connectivity index (χ4n) is 2.71. The van der Waals surface area contributed by atoms with E-state index < -0.39 is 35.4 Å². The van der Waals surface area contributed by atoms with Crippen molar-refractivity contribution >= 4 is 23.4 Å². The van der Waals surface area contributed by atoms with Crippen LogP contribution in [0.2, 0.25) is 0 Å². The van der Waals surface area contributed by atoms with Gasteiger partial charge in [0.2, 0.25) is 18.0 Å². The average molecular weight is 404 g/mol. The molecule has 0 spiro atoms. The number of hydrogen-bond acceptors (Lipinski definition) is 6. The predicted octanol–water partition coefficient (Wildman–Crippen LogP) is 0.756. The first-order valence-electron chi connectivity index (χ1n) is 8.64. The summed E-state index contributed by atoms with van der Waals surface area (Å²) in [6, 6.07) is 8.22. The summed E-state index contributed by atoms with van der Waals surface area (Å²) in [7, 11) is 0. The summed E-state index contributed by atoms with van der Waals surface area (Å²) in [6.45, 7) is -0.0500. The van der Waals surface area contributed by atoms with E-state index in [-0.39, 0.29) is 25.0 Å². The molecule has 152 valence electrons. The molecule has 0 aliphatic carbocycles. The monoisotopic (exact) mass is 404 g/mol. The lowest BCUT2D eigenvalue weighted by Gasteiger charge is -2.18. The lowest BCUT2D eigenvalue weighted by molar-refractivity contribution is -0.120. The van der Waals surface area contributed by atoms with Gasteiger partial charge in [0.25, 0.3) is 5.91 Å². The molecule has 1 aliphatic heterocycles. The van der Waals surface area contributed by atoms with Crippen molar-refractivity contribution in [1.82, 2.24) is 5.32 Å². The Bertz CT molecular complexity index is 929. The molecule has 1 heterocycles. The molecular weight excluding hydrogens is 386 g/mol. The van der Waals surface area contributed by atoms with Crippen molar-refractivity contribution in [3.8, 4) is 0 Å². The number of aliphatic hydroxyl groups is 1. The number of hydrogen-bond donors (Lipinski definition) is 4. The number of amides is 2. The third-order valence-corrected chi connectivity index (χ3v) is 4.10. The molecule has 10 heteroatoms. The van der Waals surface area contributed by atoms with Gasteiger partial charge in [-0.15, -0.1) is 0 Å². The van der Waals surface area contributed by atoms with Gasteiger partial charge in [-0.05, 0) is 36.4 Å². The minimum Gasteiger partial charge on any atom is -0.450 e. The maximum Gasteiger partial charge on any atom is 0.251 e. The topological polar surface area (TPSA) is 126 Å². The Kier molecular flexibility index (Phi) is 6.03. The molecule has 2 unspecified atom stereocenters. The highest BCUT2D eigenvalue weighted by molar-refractivity contribution is 5.99. The zero-order chi connectivity index (χ0) is 21.0. The van der Waals surface area contributed by atoms with Crippen molar-refractivity contribution in [3.05, 3.63) is 65.2 Å². The van der Waals surface area contributed by atoms with Crippen molar-refractivity contribution in [2.24, 2.45) is 10.7 Å². The van der Waals surface area contributed by atoms with E-state index in [4.69, 9.17) is 15.6 Å². The highest BCUT2D eigenvalue weighted by Crippen LogP contribution is 2.24. The quantitative estimate of drug-likeness (QED) is 0.542. The van der Waals surface area contributed by atoms with E-state index in [0.29, 0.717) is 11.3 Å². The molecule has 0 saturated heterocycles. The number of nitrogens with zero attached hydrogens (tertiary/aromatic N) is 1. The number of benzene rings is 2. The van der Waals surface area contributed by atoms with Gasteiger partial charge in [0.15, 0.2) is 6.04 Å². The number of carbonyl (C=O) groups excluding carboxylic acids is 2. The predicted molar refractivity (Wildman–Crippen MR) is 100 cm³/mol. The Balaban J connectivity index is 1.76. The summed E-state index contributed by atoms with van der Waals surface area (Å²) in [5.41, 5.74) is 5.67. The number of rotatable bonds is 7. The van der Waals surface area contributed by atoms with E-state index in [1.807, 2.05) is 0 Å². The molecule has 2 aromatic rings. The van der Waals surface area contributed by atoms with Crippen LogP contribution in [0.4, 0.5) is 14.5 Å². The van der Waals surface area contributed by atoms with Gasteiger partial charge in [-0.25, -0.2) is 13.8 Å². The van der Waals surface area contributed by atoms with Crippen molar-refractivity contribution in [3.63, 3.8) is 0 Å². The van der Waals surface area contributed by atoms with Crippen LogP contribution in [0.25, 0.3) is 0 Å². The summed E-state index contributed by atoms with van der Waals surface area (Å²) >= 11 is 0. The van der Waals surface area contributed by atoms with E-state index in [2.05, 4.69) is 15.6 Å². The minimum atomic E-state index is -1.21. The Morgan fingerprint density at radius 2 is 1.79 bits per heavy atom.